The third kappa shape index (κ3) is 4.49. The van der Waals surface area contributed by atoms with Gasteiger partial charge in [-0.3, -0.25) is 0 Å². The first-order chi connectivity index (χ1) is 15.4. The van der Waals surface area contributed by atoms with Crippen molar-refractivity contribution in [3.8, 4) is 22.9 Å². The lowest BCUT2D eigenvalue weighted by atomic mass is 10.00. The molecule has 1 fully saturated rings. The van der Waals surface area contributed by atoms with E-state index in [0.29, 0.717) is 47.8 Å². The molecule has 0 unspecified atom stereocenters. The summed E-state index contributed by atoms with van der Waals surface area (Å²) in [6, 6.07) is 12.4. The zero-order valence-electron chi connectivity index (χ0n) is 18.4. The predicted octanol–water partition coefficient (Wildman–Crippen LogP) is 4.02. The Morgan fingerprint density at radius 2 is 1.94 bits per heavy atom. The third-order valence-corrected chi connectivity index (χ3v) is 7.43. The molecule has 0 spiro atoms. The van der Waals surface area contributed by atoms with Crippen LogP contribution < -0.4 is 9.47 Å². The Hall–Kier alpha value is -2.91. The highest BCUT2D eigenvalue weighted by atomic mass is 32.2. The Kier molecular flexibility index (Phi) is 6.48. The smallest absolute Gasteiger partial charge is 0.243 e. The van der Waals surface area contributed by atoms with Gasteiger partial charge < -0.3 is 14.0 Å². The summed E-state index contributed by atoms with van der Waals surface area (Å²) in [6.45, 7) is 5.16. The zero-order chi connectivity index (χ0) is 22.7. The summed E-state index contributed by atoms with van der Waals surface area (Å²) in [4.78, 5) is 4.86. The van der Waals surface area contributed by atoms with Gasteiger partial charge in [0.2, 0.25) is 21.7 Å². The van der Waals surface area contributed by atoms with Gasteiger partial charge in [0.05, 0.1) is 24.5 Å². The molecule has 32 heavy (non-hydrogen) atoms. The average Bonchev–Trinajstić information content (AvgIpc) is 3.30. The molecule has 1 aromatic heterocycles. The molecule has 0 amide bonds. The van der Waals surface area contributed by atoms with Gasteiger partial charge in [0.25, 0.3) is 0 Å². The van der Waals surface area contributed by atoms with E-state index in [1.807, 2.05) is 38.1 Å². The molecule has 0 radical (unpaired) electrons. The van der Waals surface area contributed by atoms with Gasteiger partial charge in [-0.1, -0.05) is 22.9 Å². The van der Waals surface area contributed by atoms with Gasteiger partial charge in [-0.25, -0.2) is 8.42 Å². The molecule has 1 atom stereocenters. The number of methoxy groups -OCH3 is 1. The number of aromatic nitrogens is 2. The molecule has 1 aliphatic heterocycles. The standard InChI is InChI=1S/C23H27N3O5S/c1-4-30-20-12-9-17(14-21(20)29-3)22-24-23(31-25-22)18-6-5-13-26(15-18)32(27,28)19-10-7-16(2)8-11-19/h7-12,14,18H,4-6,13,15H2,1-3H3/t18-/m0/s1. The molecule has 170 valence electrons. The van der Waals surface area contributed by atoms with Crippen LogP contribution in [0.2, 0.25) is 0 Å². The molecule has 0 bridgehead atoms. The maximum Gasteiger partial charge on any atom is 0.243 e. The van der Waals surface area contributed by atoms with Crippen molar-refractivity contribution in [3.05, 3.63) is 53.9 Å². The molecule has 2 aromatic carbocycles. The number of piperidine rings is 1. The normalized spacial score (nSPS) is 17.3. The fraction of sp³-hybridized carbons (Fsp3) is 0.391. The second-order valence-electron chi connectivity index (χ2n) is 7.77. The average molecular weight is 458 g/mol. The Labute approximate surface area is 188 Å². The highest BCUT2D eigenvalue weighted by Gasteiger charge is 2.33. The van der Waals surface area contributed by atoms with Crippen molar-refractivity contribution in [1.29, 1.82) is 0 Å². The number of aryl methyl sites for hydroxylation is 1. The number of benzene rings is 2. The molecule has 4 rings (SSSR count). The Morgan fingerprint density at radius 3 is 2.66 bits per heavy atom. The highest BCUT2D eigenvalue weighted by Crippen LogP contribution is 2.34. The summed E-state index contributed by atoms with van der Waals surface area (Å²) in [5.74, 6) is 1.95. The molecule has 1 aliphatic rings. The van der Waals surface area contributed by atoms with Crippen molar-refractivity contribution in [1.82, 2.24) is 14.4 Å². The van der Waals surface area contributed by atoms with E-state index in [1.54, 1.807) is 25.3 Å². The van der Waals surface area contributed by atoms with Crippen molar-refractivity contribution in [2.75, 3.05) is 26.8 Å². The number of nitrogens with zero attached hydrogens (tertiary/aromatic N) is 3. The molecular formula is C23H27N3O5S. The van der Waals surface area contributed by atoms with Gasteiger partial charge in [0.1, 0.15) is 0 Å². The summed E-state index contributed by atoms with van der Waals surface area (Å²) in [5.41, 5.74) is 1.75. The summed E-state index contributed by atoms with van der Waals surface area (Å²) in [7, 11) is -1.99. The van der Waals surface area contributed by atoms with Crippen molar-refractivity contribution in [2.24, 2.45) is 0 Å². The maximum atomic E-state index is 13.1. The topological polar surface area (TPSA) is 94.8 Å². The number of ether oxygens (including phenoxy) is 2. The number of sulfonamides is 1. The van der Waals surface area contributed by atoms with E-state index in [9.17, 15) is 8.42 Å². The van der Waals surface area contributed by atoms with Crippen LogP contribution in [0.3, 0.4) is 0 Å². The Balaban J connectivity index is 1.54. The summed E-state index contributed by atoms with van der Waals surface area (Å²) >= 11 is 0. The highest BCUT2D eigenvalue weighted by molar-refractivity contribution is 7.89. The number of hydrogen-bond donors (Lipinski definition) is 0. The summed E-state index contributed by atoms with van der Waals surface area (Å²) < 4.78 is 44.2. The Bertz CT molecular complexity index is 1170. The first-order valence-corrected chi connectivity index (χ1v) is 12.1. The van der Waals surface area contributed by atoms with Crippen LogP contribution >= 0.6 is 0 Å². The molecule has 0 saturated carbocycles. The van der Waals surface area contributed by atoms with Crippen LogP contribution in [0.25, 0.3) is 11.4 Å². The van der Waals surface area contributed by atoms with Crippen LogP contribution in [0.15, 0.2) is 51.9 Å². The number of rotatable bonds is 7. The monoisotopic (exact) mass is 457 g/mol. The lowest BCUT2D eigenvalue weighted by Gasteiger charge is -2.30. The van der Waals surface area contributed by atoms with Gasteiger partial charge >= 0.3 is 0 Å². The fourth-order valence-corrected chi connectivity index (χ4v) is 5.35. The van der Waals surface area contributed by atoms with E-state index in [4.69, 9.17) is 14.0 Å². The molecule has 0 aliphatic carbocycles. The van der Waals surface area contributed by atoms with Crippen LogP contribution in [0.5, 0.6) is 11.5 Å². The Morgan fingerprint density at radius 1 is 1.16 bits per heavy atom. The molecule has 2 heterocycles. The lowest BCUT2D eigenvalue weighted by molar-refractivity contribution is 0.265. The van der Waals surface area contributed by atoms with E-state index < -0.39 is 10.0 Å². The predicted molar refractivity (Wildman–Crippen MR) is 119 cm³/mol. The van der Waals surface area contributed by atoms with Crippen LogP contribution in [0.1, 0.15) is 37.1 Å². The quantitative estimate of drug-likeness (QED) is 0.529. The van der Waals surface area contributed by atoms with Gasteiger partial charge in [0, 0.05) is 18.7 Å². The van der Waals surface area contributed by atoms with E-state index in [-0.39, 0.29) is 5.92 Å². The van der Waals surface area contributed by atoms with Crippen molar-refractivity contribution >= 4 is 10.0 Å². The maximum absolute atomic E-state index is 13.1. The lowest BCUT2D eigenvalue weighted by Crippen LogP contribution is -2.39. The number of hydrogen-bond acceptors (Lipinski definition) is 7. The van der Waals surface area contributed by atoms with Gasteiger partial charge in [-0.05, 0) is 57.0 Å². The summed E-state index contributed by atoms with van der Waals surface area (Å²) in [6.07, 6.45) is 1.51. The molecule has 3 aromatic rings. The molecule has 8 nitrogen and oxygen atoms in total. The van der Waals surface area contributed by atoms with E-state index >= 15 is 0 Å². The van der Waals surface area contributed by atoms with Crippen molar-refractivity contribution in [3.63, 3.8) is 0 Å². The second-order valence-corrected chi connectivity index (χ2v) is 9.71. The minimum Gasteiger partial charge on any atom is -0.493 e. The molecule has 9 heteroatoms. The summed E-state index contributed by atoms with van der Waals surface area (Å²) in [5, 5.41) is 4.12. The largest absolute Gasteiger partial charge is 0.493 e. The zero-order valence-corrected chi connectivity index (χ0v) is 19.3. The van der Waals surface area contributed by atoms with Crippen molar-refractivity contribution < 1.29 is 22.4 Å². The molecule has 0 N–H and O–H groups in total. The SMILES string of the molecule is CCOc1ccc(-c2noc([C@H]3CCCN(S(=O)(=O)c4ccc(C)cc4)C3)n2)cc1OC. The van der Waals surface area contributed by atoms with Gasteiger partial charge in [0.15, 0.2) is 11.5 Å². The van der Waals surface area contributed by atoms with Crippen LogP contribution in [0, 0.1) is 6.92 Å². The first-order valence-electron chi connectivity index (χ1n) is 10.6. The van der Waals surface area contributed by atoms with E-state index in [2.05, 4.69) is 10.1 Å². The molecular weight excluding hydrogens is 430 g/mol. The van der Waals surface area contributed by atoms with Gasteiger partial charge in [-0.15, -0.1) is 0 Å². The van der Waals surface area contributed by atoms with Crippen LogP contribution in [-0.4, -0.2) is 49.7 Å². The fourth-order valence-electron chi connectivity index (χ4n) is 3.82. The third-order valence-electron chi connectivity index (χ3n) is 5.56. The van der Waals surface area contributed by atoms with Gasteiger partial charge in [-0.2, -0.15) is 9.29 Å². The second kappa shape index (κ2) is 9.30. The van der Waals surface area contributed by atoms with E-state index in [0.717, 1.165) is 24.0 Å². The first kappa shape index (κ1) is 22.3. The van der Waals surface area contributed by atoms with Crippen molar-refractivity contribution in [2.45, 2.75) is 37.5 Å². The van der Waals surface area contributed by atoms with Crippen LogP contribution in [0.4, 0.5) is 0 Å². The van der Waals surface area contributed by atoms with E-state index in [1.165, 1.54) is 4.31 Å². The minimum atomic E-state index is -3.57. The van der Waals surface area contributed by atoms with Crippen LogP contribution in [-0.2, 0) is 10.0 Å². The molecule has 1 saturated heterocycles. The minimum absolute atomic E-state index is 0.158.